The van der Waals surface area contributed by atoms with Crippen LogP contribution in [0.15, 0.2) is 59.6 Å². The summed E-state index contributed by atoms with van der Waals surface area (Å²) in [6.45, 7) is 3.21. The Hall–Kier alpha value is -2.74. The summed E-state index contributed by atoms with van der Waals surface area (Å²) in [5, 5.41) is 16.3. The van der Waals surface area contributed by atoms with Gasteiger partial charge in [-0.1, -0.05) is 42.5 Å². The van der Waals surface area contributed by atoms with Gasteiger partial charge < -0.3 is 20.5 Å². The van der Waals surface area contributed by atoms with Gasteiger partial charge in [0.1, 0.15) is 5.75 Å². The number of nitrogens with one attached hydrogen (secondary N) is 2. The molecule has 5 nitrogen and oxygen atoms in total. The predicted octanol–water partition coefficient (Wildman–Crippen LogP) is 3.37. The highest BCUT2D eigenvalue weighted by molar-refractivity contribution is 5.79. The summed E-state index contributed by atoms with van der Waals surface area (Å²) in [5.74, 6) is 0.210. The van der Waals surface area contributed by atoms with Crippen LogP contribution in [0.3, 0.4) is 0 Å². The zero-order chi connectivity index (χ0) is 19.7. The van der Waals surface area contributed by atoms with Gasteiger partial charge in [-0.15, -0.1) is 13.2 Å². The van der Waals surface area contributed by atoms with E-state index in [2.05, 4.69) is 20.4 Å². The molecule has 0 spiro atoms. The van der Waals surface area contributed by atoms with Gasteiger partial charge in [0.05, 0.1) is 12.6 Å². The number of ether oxygens (including phenoxy) is 1. The Labute approximate surface area is 155 Å². The van der Waals surface area contributed by atoms with Crippen molar-refractivity contribution < 1.29 is 23.0 Å². The molecule has 0 saturated heterocycles. The average Bonchev–Trinajstić information content (AvgIpc) is 2.64. The van der Waals surface area contributed by atoms with Crippen LogP contribution < -0.4 is 15.4 Å². The highest BCUT2D eigenvalue weighted by Crippen LogP contribution is 2.24. The summed E-state index contributed by atoms with van der Waals surface area (Å²) in [4.78, 5) is 4.44. The number of halogens is 3. The third kappa shape index (κ3) is 7.57. The molecule has 0 aliphatic rings. The van der Waals surface area contributed by atoms with Crippen molar-refractivity contribution in [2.75, 3.05) is 13.1 Å². The van der Waals surface area contributed by atoms with Crippen LogP contribution >= 0.6 is 0 Å². The van der Waals surface area contributed by atoms with E-state index in [1.165, 1.54) is 24.3 Å². The Kier molecular flexibility index (Phi) is 7.48. The molecule has 0 saturated carbocycles. The molecule has 1 unspecified atom stereocenters. The van der Waals surface area contributed by atoms with Crippen molar-refractivity contribution in [3.8, 4) is 5.75 Å². The zero-order valence-corrected chi connectivity index (χ0v) is 14.8. The molecule has 27 heavy (non-hydrogen) atoms. The summed E-state index contributed by atoms with van der Waals surface area (Å²) < 4.78 is 40.3. The molecule has 0 heterocycles. The number of aliphatic imine (C=N–C) groups is 1. The SMILES string of the molecule is CCNC(=NCc1ccccc1)NCC(O)c1ccc(OC(F)(F)F)cc1. The standard InChI is InChI=1S/C19H22F3N3O2/c1-2-23-18(24-12-14-6-4-3-5-7-14)25-13-17(26)15-8-10-16(11-9-15)27-19(20,21)22/h3-11,17,26H,2,12-13H2,1H3,(H2,23,24,25). The fraction of sp³-hybridized carbons (Fsp3) is 0.316. The number of aliphatic hydroxyl groups excluding tert-OH is 1. The lowest BCUT2D eigenvalue weighted by molar-refractivity contribution is -0.274. The number of aliphatic hydroxyl groups is 1. The minimum Gasteiger partial charge on any atom is -0.406 e. The molecule has 0 radical (unpaired) electrons. The van der Waals surface area contributed by atoms with Crippen LogP contribution in [0.4, 0.5) is 13.2 Å². The second-order valence-electron chi connectivity index (χ2n) is 5.69. The maximum atomic E-state index is 12.2. The van der Waals surface area contributed by atoms with Gasteiger partial charge in [-0.3, -0.25) is 0 Å². The molecule has 2 aromatic rings. The van der Waals surface area contributed by atoms with E-state index in [4.69, 9.17) is 0 Å². The van der Waals surface area contributed by atoms with Crippen molar-refractivity contribution in [3.63, 3.8) is 0 Å². The van der Waals surface area contributed by atoms with Crippen molar-refractivity contribution in [2.45, 2.75) is 25.9 Å². The van der Waals surface area contributed by atoms with Crippen LogP contribution in [-0.4, -0.2) is 30.5 Å². The largest absolute Gasteiger partial charge is 0.573 e. The molecule has 2 rings (SSSR count). The van der Waals surface area contributed by atoms with Gasteiger partial charge in [-0.2, -0.15) is 0 Å². The van der Waals surface area contributed by atoms with Crippen LogP contribution in [0, 0.1) is 0 Å². The van der Waals surface area contributed by atoms with E-state index in [1.807, 2.05) is 37.3 Å². The highest BCUT2D eigenvalue weighted by Gasteiger charge is 2.31. The van der Waals surface area contributed by atoms with E-state index in [-0.39, 0.29) is 12.3 Å². The van der Waals surface area contributed by atoms with Gasteiger partial charge in [0.2, 0.25) is 0 Å². The van der Waals surface area contributed by atoms with Crippen LogP contribution in [0.25, 0.3) is 0 Å². The summed E-state index contributed by atoms with van der Waals surface area (Å²) in [6.07, 6.45) is -5.65. The molecule has 1 atom stereocenters. The van der Waals surface area contributed by atoms with E-state index in [0.29, 0.717) is 24.6 Å². The lowest BCUT2D eigenvalue weighted by atomic mass is 10.1. The van der Waals surface area contributed by atoms with Crippen molar-refractivity contribution >= 4 is 5.96 Å². The number of benzene rings is 2. The third-order valence-electron chi connectivity index (χ3n) is 3.57. The Balaban J connectivity index is 1.91. The molecular weight excluding hydrogens is 359 g/mol. The zero-order valence-electron chi connectivity index (χ0n) is 14.8. The number of rotatable bonds is 7. The molecule has 146 valence electrons. The van der Waals surface area contributed by atoms with Crippen molar-refractivity contribution in [3.05, 3.63) is 65.7 Å². The first kappa shape index (κ1) is 20.6. The summed E-state index contributed by atoms with van der Waals surface area (Å²) >= 11 is 0. The molecule has 0 aromatic heterocycles. The van der Waals surface area contributed by atoms with E-state index in [9.17, 15) is 18.3 Å². The monoisotopic (exact) mass is 381 g/mol. The smallest absolute Gasteiger partial charge is 0.406 e. The second kappa shape index (κ2) is 9.82. The lowest BCUT2D eigenvalue weighted by Crippen LogP contribution is -2.39. The van der Waals surface area contributed by atoms with Gasteiger partial charge in [0, 0.05) is 13.1 Å². The van der Waals surface area contributed by atoms with Gasteiger partial charge in [-0.25, -0.2) is 4.99 Å². The van der Waals surface area contributed by atoms with Gasteiger partial charge in [0.25, 0.3) is 0 Å². The molecule has 3 N–H and O–H groups in total. The van der Waals surface area contributed by atoms with Crippen molar-refractivity contribution in [1.29, 1.82) is 0 Å². The fourth-order valence-electron chi connectivity index (χ4n) is 2.30. The molecule has 0 aliphatic heterocycles. The first-order valence-electron chi connectivity index (χ1n) is 8.47. The van der Waals surface area contributed by atoms with Crippen LogP contribution in [-0.2, 0) is 6.54 Å². The quantitative estimate of drug-likeness (QED) is 0.508. The Morgan fingerprint density at radius 3 is 2.33 bits per heavy atom. The number of hydrogen-bond donors (Lipinski definition) is 3. The highest BCUT2D eigenvalue weighted by atomic mass is 19.4. The normalized spacial score (nSPS) is 13.1. The van der Waals surface area contributed by atoms with E-state index in [0.717, 1.165) is 5.56 Å². The first-order valence-corrected chi connectivity index (χ1v) is 8.47. The van der Waals surface area contributed by atoms with Crippen molar-refractivity contribution in [1.82, 2.24) is 10.6 Å². The fourth-order valence-corrected chi connectivity index (χ4v) is 2.30. The number of guanidine groups is 1. The van der Waals surface area contributed by atoms with E-state index in [1.54, 1.807) is 0 Å². The summed E-state index contributed by atoms with van der Waals surface area (Å²) in [5.41, 5.74) is 1.52. The maximum Gasteiger partial charge on any atom is 0.573 e. The molecule has 8 heteroatoms. The minimum atomic E-state index is -4.74. The summed E-state index contributed by atoms with van der Waals surface area (Å²) in [7, 11) is 0. The van der Waals surface area contributed by atoms with Crippen molar-refractivity contribution in [2.24, 2.45) is 4.99 Å². The van der Waals surface area contributed by atoms with E-state index >= 15 is 0 Å². The Morgan fingerprint density at radius 1 is 1.07 bits per heavy atom. The minimum absolute atomic E-state index is 0.153. The molecular formula is C19H22F3N3O2. The molecule has 2 aromatic carbocycles. The topological polar surface area (TPSA) is 65.9 Å². The number of alkyl halides is 3. The van der Waals surface area contributed by atoms with Gasteiger partial charge >= 0.3 is 6.36 Å². The first-order chi connectivity index (χ1) is 12.9. The second-order valence-corrected chi connectivity index (χ2v) is 5.69. The van der Waals surface area contributed by atoms with Crippen LogP contribution in [0.1, 0.15) is 24.2 Å². The molecule has 0 bridgehead atoms. The number of nitrogens with zero attached hydrogens (tertiary/aromatic N) is 1. The molecule has 0 aliphatic carbocycles. The van der Waals surface area contributed by atoms with Crippen LogP contribution in [0.2, 0.25) is 0 Å². The number of hydrogen-bond acceptors (Lipinski definition) is 3. The van der Waals surface area contributed by atoms with E-state index < -0.39 is 12.5 Å². The Bertz CT molecular complexity index is 719. The van der Waals surface area contributed by atoms with Gasteiger partial charge in [-0.05, 0) is 30.2 Å². The molecule has 0 amide bonds. The molecule has 0 fully saturated rings. The summed E-state index contributed by atoms with van der Waals surface area (Å²) in [6, 6.07) is 14.8. The predicted molar refractivity (Wildman–Crippen MR) is 97.3 cm³/mol. The Morgan fingerprint density at radius 2 is 1.74 bits per heavy atom. The average molecular weight is 381 g/mol. The van der Waals surface area contributed by atoms with Gasteiger partial charge in [0.15, 0.2) is 5.96 Å². The maximum absolute atomic E-state index is 12.2. The lowest BCUT2D eigenvalue weighted by Gasteiger charge is -2.16. The third-order valence-corrected chi connectivity index (χ3v) is 3.57. The van der Waals surface area contributed by atoms with Crippen LogP contribution in [0.5, 0.6) is 5.75 Å².